The number of hydrogen-bond acceptors (Lipinski definition) is 3. The number of aliphatic hydroxyl groups is 1. The molecule has 3 heteroatoms. The summed E-state index contributed by atoms with van der Waals surface area (Å²) in [7, 11) is 0. The lowest BCUT2D eigenvalue weighted by Gasteiger charge is -2.15. The third-order valence-electron chi connectivity index (χ3n) is 3.19. The van der Waals surface area contributed by atoms with E-state index in [0.29, 0.717) is 0 Å². The van der Waals surface area contributed by atoms with Crippen molar-refractivity contribution in [2.45, 2.75) is 25.9 Å². The molecular weight excluding hydrogens is 236 g/mol. The van der Waals surface area contributed by atoms with Crippen LogP contribution in [0.5, 0.6) is 0 Å². The van der Waals surface area contributed by atoms with E-state index in [1.165, 1.54) is 0 Å². The van der Waals surface area contributed by atoms with E-state index in [1.807, 2.05) is 44.2 Å². The molecule has 0 fully saturated rings. The van der Waals surface area contributed by atoms with Crippen molar-refractivity contribution in [2.24, 2.45) is 0 Å². The first kappa shape index (κ1) is 13.3. The van der Waals surface area contributed by atoms with Gasteiger partial charge >= 0.3 is 0 Å². The monoisotopic (exact) mass is 252 g/mol. The predicted molar refractivity (Wildman–Crippen MR) is 74.2 cm³/mol. The number of pyridine rings is 1. The molecule has 0 unspecified atom stereocenters. The Labute approximate surface area is 113 Å². The van der Waals surface area contributed by atoms with Crippen molar-refractivity contribution in [3.63, 3.8) is 0 Å². The summed E-state index contributed by atoms with van der Waals surface area (Å²) in [5, 5.41) is 18.2. The Kier molecular flexibility index (Phi) is 3.64. The van der Waals surface area contributed by atoms with E-state index in [1.54, 1.807) is 12.3 Å². The maximum absolute atomic E-state index is 9.13. The maximum atomic E-state index is 9.13. The van der Waals surface area contributed by atoms with E-state index < -0.39 is 5.41 Å². The minimum atomic E-state index is -0.487. The lowest BCUT2D eigenvalue weighted by Crippen LogP contribution is -2.13. The van der Waals surface area contributed by atoms with Gasteiger partial charge in [-0.25, -0.2) is 0 Å². The number of nitriles is 1. The molecule has 0 spiro atoms. The van der Waals surface area contributed by atoms with Crippen molar-refractivity contribution in [2.75, 3.05) is 0 Å². The highest BCUT2D eigenvalue weighted by Gasteiger charge is 2.19. The van der Waals surface area contributed by atoms with E-state index in [0.717, 1.165) is 22.4 Å². The Morgan fingerprint density at radius 1 is 1.21 bits per heavy atom. The van der Waals surface area contributed by atoms with Crippen LogP contribution in [0.4, 0.5) is 0 Å². The summed E-state index contributed by atoms with van der Waals surface area (Å²) in [5.41, 5.74) is 3.14. The molecule has 0 aliphatic heterocycles. The fourth-order valence-corrected chi connectivity index (χ4v) is 1.85. The molecule has 96 valence electrons. The van der Waals surface area contributed by atoms with Crippen LogP contribution in [-0.4, -0.2) is 10.1 Å². The fraction of sp³-hybridized carbons (Fsp3) is 0.250. The van der Waals surface area contributed by atoms with Gasteiger partial charge < -0.3 is 5.11 Å². The van der Waals surface area contributed by atoms with Crippen LogP contribution in [0.15, 0.2) is 42.6 Å². The Balaban J connectivity index is 2.35. The molecule has 0 saturated heterocycles. The van der Waals surface area contributed by atoms with Crippen LogP contribution in [0, 0.1) is 11.3 Å². The van der Waals surface area contributed by atoms with Gasteiger partial charge in [-0.15, -0.1) is 0 Å². The molecule has 0 aliphatic carbocycles. The van der Waals surface area contributed by atoms with E-state index >= 15 is 0 Å². The van der Waals surface area contributed by atoms with E-state index in [4.69, 9.17) is 10.4 Å². The average Bonchev–Trinajstić information content (AvgIpc) is 2.47. The van der Waals surface area contributed by atoms with Crippen molar-refractivity contribution >= 4 is 0 Å². The van der Waals surface area contributed by atoms with Gasteiger partial charge in [0.1, 0.15) is 0 Å². The maximum Gasteiger partial charge on any atom is 0.0766 e. The lowest BCUT2D eigenvalue weighted by atomic mass is 9.86. The highest BCUT2D eigenvalue weighted by molar-refractivity contribution is 5.60. The number of benzene rings is 1. The van der Waals surface area contributed by atoms with Crippen molar-refractivity contribution < 1.29 is 5.11 Å². The smallest absolute Gasteiger partial charge is 0.0766 e. The number of aromatic nitrogens is 1. The van der Waals surface area contributed by atoms with E-state index in [9.17, 15) is 0 Å². The summed E-state index contributed by atoms with van der Waals surface area (Å²) < 4.78 is 0. The zero-order chi connectivity index (χ0) is 13.9. The summed E-state index contributed by atoms with van der Waals surface area (Å²) in [6.07, 6.45) is 1.69. The average molecular weight is 252 g/mol. The normalized spacial score (nSPS) is 11.1. The standard InChI is InChI=1S/C16H16N2O/c1-16(2,11-17)14-5-3-13(4-6-14)15-9-12(10-19)7-8-18-15/h3-9,19H,10H2,1-2H3. The van der Waals surface area contributed by atoms with Crippen molar-refractivity contribution in [3.05, 3.63) is 53.7 Å². The van der Waals surface area contributed by atoms with Gasteiger partial charge in [0.2, 0.25) is 0 Å². The van der Waals surface area contributed by atoms with Crippen molar-refractivity contribution in [1.82, 2.24) is 4.98 Å². The third-order valence-corrected chi connectivity index (χ3v) is 3.19. The van der Waals surface area contributed by atoms with Gasteiger partial charge in [0.05, 0.1) is 23.8 Å². The van der Waals surface area contributed by atoms with Gasteiger partial charge in [0.15, 0.2) is 0 Å². The van der Waals surface area contributed by atoms with Crippen molar-refractivity contribution in [3.8, 4) is 17.3 Å². The molecule has 2 rings (SSSR count). The number of nitrogens with zero attached hydrogens (tertiary/aromatic N) is 2. The SMILES string of the molecule is CC(C)(C#N)c1ccc(-c2cc(CO)ccn2)cc1. The molecule has 0 aliphatic rings. The van der Waals surface area contributed by atoms with Gasteiger partial charge in [-0.05, 0) is 37.1 Å². The molecule has 0 bridgehead atoms. The molecule has 1 aromatic carbocycles. The third kappa shape index (κ3) is 2.81. The summed E-state index contributed by atoms with van der Waals surface area (Å²) in [4.78, 5) is 4.29. The Morgan fingerprint density at radius 2 is 1.89 bits per heavy atom. The first-order valence-corrected chi connectivity index (χ1v) is 6.15. The number of hydrogen-bond donors (Lipinski definition) is 1. The molecule has 2 aromatic rings. The largest absolute Gasteiger partial charge is 0.392 e. The van der Waals surface area contributed by atoms with E-state index in [2.05, 4.69) is 11.1 Å². The molecule has 1 N–H and O–H groups in total. The molecular formula is C16H16N2O. The topological polar surface area (TPSA) is 56.9 Å². The molecule has 1 aromatic heterocycles. The molecule has 0 radical (unpaired) electrons. The summed E-state index contributed by atoms with van der Waals surface area (Å²) in [5.74, 6) is 0. The first-order valence-electron chi connectivity index (χ1n) is 6.15. The summed E-state index contributed by atoms with van der Waals surface area (Å²) in [6.45, 7) is 3.80. The molecule has 0 amide bonds. The minimum absolute atomic E-state index is 0.00900. The number of aliphatic hydroxyl groups excluding tert-OH is 1. The van der Waals surface area contributed by atoms with Gasteiger partial charge in [0.25, 0.3) is 0 Å². The van der Waals surface area contributed by atoms with Crippen LogP contribution in [0.1, 0.15) is 25.0 Å². The van der Waals surface area contributed by atoms with Gasteiger partial charge in [-0.1, -0.05) is 24.3 Å². The van der Waals surface area contributed by atoms with Crippen LogP contribution < -0.4 is 0 Å². The Bertz CT molecular complexity index is 609. The van der Waals surface area contributed by atoms with Gasteiger partial charge in [0, 0.05) is 11.8 Å². The van der Waals surface area contributed by atoms with Crippen LogP contribution >= 0.6 is 0 Å². The highest BCUT2D eigenvalue weighted by Crippen LogP contribution is 2.25. The summed E-state index contributed by atoms with van der Waals surface area (Å²) >= 11 is 0. The quantitative estimate of drug-likeness (QED) is 0.913. The van der Waals surface area contributed by atoms with Crippen LogP contribution in [0.25, 0.3) is 11.3 Å². The fourth-order valence-electron chi connectivity index (χ4n) is 1.85. The molecule has 0 saturated carbocycles. The second-order valence-corrected chi connectivity index (χ2v) is 5.02. The van der Waals surface area contributed by atoms with Crippen LogP contribution in [-0.2, 0) is 12.0 Å². The van der Waals surface area contributed by atoms with Crippen molar-refractivity contribution in [1.29, 1.82) is 5.26 Å². The van der Waals surface area contributed by atoms with Gasteiger partial charge in [-0.2, -0.15) is 5.26 Å². The summed E-state index contributed by atoms with van der Waals surface area (Å²) in [6, 6.07) is 13.8. The molecule has 0 atom stereocenters. The number of rotatable bonds is 3. The zero-order valence-corrected chi connectivity index (χ0v) is 11.1. The molecule has 3 nitrogen and oxygen atoms in total. The Hall–Kier alpha value is -2.18. The zero-order valence-electron chi connectivity index (χ0n) is 11.1. The second kappa shape index (κ2) is 5.21. The molecule has 19 heavy (non-hydrogen) atoms. The van der Waals surface area contributed by atoms with Crippen LogP contribution in [0.3, 0.4) is 0 Å². The van der Waals surface area contributed by atoms with Gasteiger partial charge in [-0.3, -0.25) is 4.98 Å². The van der Waals surface area contributed by atoms with E-state index in [-0.39, 0.29) is 6.61 Å². The lowest BCUT2D eigenvalue weighted by molar-refractivity contribution is 0.282. The highest BCUT2D eigenvalue weighted by atomic mass is 16.3. The first-order chi connectivity index (χ1) is 9.06. The predicted octanol–water partition coefficient (Wildman–Crippen LogP) is 3.04. The van der Waals surface area contributed by atoms with Crippen LogP contribution in [0.2, 0.25) is 0 Å². The molecule has 1 heterocycles. The minimum Gasteiger partial charge on any atom is -0.392 e. The second-order valence-electron chi connectivity index (χ2n) is 5.02. The Morgan fingerprint density at radius 3 is 2.47 bits per heavy atom.